The molecule has 1 unspecified atom stereocenters. The first-order chi connectivity index (χ1) is 40.0. The number of ether oxygens (including phenoxy) is 3. The van der Waals surface area contributed by atoms with E-state index in [4.69, 9.17) is 14.2 Å². The van der Waals surface area contributed by atoms with E-state index in [-0.39, 0.29) is 31.1 Å². The first-order valence-corrected chi connectivity index (χ1v) is 34.7. The molecule has 0 heterocycles. The molecule has 1 atom stereocenters. The molecule has 0 rings (SSSR count). The maximum absolute atomic E-state index is 12.9. The van der Waals surface area contributed by atoms with Gasteiger partial charge in [0.1, 0.15) is 13.2 Å². The molecule has 0 aromatic heterocycles. The Morgan fingerprint density at radius 1 is 0.259 bits per heavy atom. The molecule has 0 aliphatic rings. The van der Waals surface area contributed by atoms with Crippen LogP contribution in [0.25, 0.3) is 0 Å². The number of carbonyl (C=O) groups is 3. The van der Waals surface area contributed by atoms with E-state index in [9.17, 15) is 14.4 Å². The molecule has 0 saturated carbocycles. The van der Waals surface area contributed by atoms with E-state index in [0.717, 1.165) is 116 Å². The highest BCUT2D eigenvalue weighted by molar-refractivity contribution is 5.71. The third-order valence-electron chi connectivity index (χ3n) is 15.0. The molecule has 0 aliphatic carbocycles. The molecule has 0 aromatic carbocycles. The number of unbranched alkanes of at least 4 members (excludes halogenated alkanes) is 36. The van der Waals surface area contributed by atoms with Crippen molar-refractivity contribution in [1.82, 2.24) is 0 Å². The van der Waals surface area contributed by atoms with Gasteiger partial charge in [0.2, 0.25) is 0 Å². The zero-order chi connectivity index (χ0) is 58.5. The number of allylic oxidation sites excluding steroid dienone is 16. The number of hydrogen-bond donors (Lipinski definition) is 0. The van der Waals surface area contributed by atoms with E-state index in [1.54, 1.807) is 0 Å². The Kier molecular flexibility index (Phi) is 65.7. The normalized spacial score (nSPS) is 12.7. The standard InChI is InChI=1S/C75H130O6/c1-4-7-10-13-16-19-22-25-27-29-31-32-33-34-35-36-37-38-39-40-41-42-44-45-47-50-53-56-59-62-65-68-74(77)80-71-72(70-79-73(76)67-64-61-58-55-52-49-24-21-18-15-12-9-6-3)81-75(78)69-66-63-60-57-54-51-48-46-43-30-28-26-23-20-17-14-11-8-5-2/h7,10,12,15-16,19,21,24-28,31-32,34-35,72H,4-6,8-9,11,13-14,17-18,20,22-23,29-30,33,36-71H2,1-3H3/b10-7-,15-12-,19-16-,24-21-,27-25-,28-26-,32-31-,35-34-. The molecule has 0 amide bonds. The first kappa shape index (κ1) is 77.3. The molecule has 0 saturated heterocycles. The van der Waals surface area contributed by atoms with Gasteiger partial charge in [0.05, 0.1) is 0 Å². The molecule has 0 radical (unpaired) electrons. The van der Waals surface area contributed by atoms with Crippen molar-refractivity contribution in [2.45, 2.75) is 348 Å². The molecular formula is C75H130O6. The molecule has 0 aromatic rings. The Morgan fingerprint density at radius 2 is 0.506 bits per heavy atom. The maximum Gasteiger partial charge on any atom is 0.306 e. The topological polar surface area (TPSA) is 78.9 Å². The van der Waals surface area contributed by atoms with Crippen molar-refractivity contribution in [2.75, 3.05) is 13.2 Å². The Labute approximate surface area is 502 Å². The van der Waals surface area contributed by atoms with Gasteiger partial charge in [-0.25, -0.2) is 0 Å². The third kappa shape index (κ3) is 67.0. The molecule has 0 N–H and O–H groups in total. The van der Waals surface area contributed by atoms with Crippen LogP contribution < -0.4 is 0 Å². The van der Waals surface area contributed by atoms with Crippen LogP contribution in [0.1, 0.15) is 342 Å². The Hall–Kier alpha value is -3.67. The molecule has 0 fully saturated rings. The van der Waals surface area contributed by atoms with Crippen molar-refractivity contribution in [3.63, 3.8) is 0 Å². The van der Waals surface area contributed by atoms with Crippen molar-refractivity contribution in [2.24, 2.45) is 0 Å². The molecule has 0 aliphatic heterocycles. The van der Waals surface area contributed by atoms with Crippen LogP contribution in [0.3, 0.4) is 0 Å². The SMILES string of the molecule is CC/C=C\C/C=C\C/C=C\C/C=C\C/C=C\CCCCCCCCCCCCCCCCCC(=O)OCC(COC(=O)CCCCCCC/C=C\C/C=C\CCC)OC(=O)CCCCCCCCCCC/C=C\CCCCCCCC. The summed E-state index contributed by atoms with van der Waals surface area (Å²) in [5, 5.41) is 0. The van der Waals surface area contributed by atoms with E-state index < -0.39 is 6.10 Å². The van der Waals surface area contributed by atoms with E-state index in [1.165, 1.54) is 186 Å². The van der Waals surface area contributed by atoms with Crippen LogP contribution in [-0.4, -0.2) is 37.2 Å². The highest BCUT2D eigenvalue weighted by atomic mass is 16.6. The molecule has 466 valence electrons. The zero-order valence-corrected chi connectivity index (χ0v) is 53.5. The summed E-state index contributed by atoms with van der Waals surface area (Å²) < 4.78 is 17.0. The summed E-state index contributed by atoms with van der Waals surface area (Å²) >= 11 is 0. The monoisotopic (exact) mass is 1130 g/mol. The van der Waals surface area contributed by atoms with Crippen molar-refractivity contribution in [3.8, 4) is 0 Å². The summed E-state index contributed by atoms with van der Waals surface area (Å²) in [6.45, 7) is 6.48. The summed E-state index contributed by atoms with van der Waals surface area (Å²) in [6.07, 6.45) is 92.9. The molecule has 6 nitrogen and oxygen atoms in total. The Balaban J connectivity index is 4.22. The van der Waals surface area contributed by atoms with Gasteiger partial charge in [0, 0.05) is 19.3 Å². The second-order valence-electron chi connectivity index (χ2n) is 23.1. The second-order valence-corrected chi connectivity index (χ2v) is 23.1. The Bertz CT molecular complexity index is 1580. The number of esters is 3. The number of hydrogen-bond acceptors (Lipinski definition) is 6. The molecule has 0 spiro atoms. The fourth-order valence-corrected chi connectivity index (χ4v) is 9.86. The van der Waals surface area contributed by atoms with Gasteiger partial charge in [-0.2, -0.15) is 0 Å². The van der Waals surface area contributed by atoms with Crippen LogP contribution in [-0.2, 0) is 28.6 Å². The highest BCUT2D eigenvalue weighted by Gasteiger charge is 2.19. The summed E-state index contributed by atoms with van der Waals surface area (Å²) in [7, 11) is 0. The van der Waals surface area contributed by atoms with Crippen LogP contribution in [0, 0.1) is 0 Å². The minimum Gasteiger partial charge on any atom is -0.462 e. The van der Waals surface area contributed by atoms with Crippen LogP contribution in [0.2, 0.25) is 0 Å². The minimum atomic E-state index is -0.785. The maximum atomic E-state index is 12.9. The number of rotatable bonds is 63. The summed E-state index contributed by atoms with van der Waals surface area (Å²) in [4.78, 5) is 38.4. The highest BCUT2D eigenvalue weighted by Crippen LogP contribution is 2.17. The lowest BCUT2D eigenvalue weighted by atomic mass is 10.0. The predicted octanol–water partition coefficient (Wildman–Crippen LogP) is 24.0. The third-order valence-corrected chi connectivity index (χ3v) is 15.0. The van der Waals surface area contributed by atoms with Gasteiger partial charge in [-0.3, -0.25) is 14.4 Å². The molecule has 0 bridgehead atoms. The van der Waals surface area contributed by atoms with Crippen LogP contribution in [0.4, 0.5) is 0 Å². The van der Waals surface area contributed by atoms with E-state index in [2.05, 4.69) is 118 Å². The minimum absolute atomic E-state index is 0.0801. The largest absolute Gasteiger partial charge is 0.462 e. The van der Waals surface area contributed by atoms with Crippen molar-refractivity contribution in [3.05, 3.63) is 97.2 Å². The van der Waals surface area contributed by atoms with E-state index in [0.29, 0.717) is 19.3 Å². The van der Waals surface area contributed by atoms with Gasteiger partial charge in [0.15, 0.2) is 6.10 Å². The van der Waals surface area contributed by atoms with Crippen LogP contribution in [0.15, 0.2) is 97.2 Å². The van der Waals surface area contributed by atoms with Gasteiger partial charge in [-0.1, -0.05) is 304 Å². The van der Waals surface area contributed by atoms with Gasteiger partial charge >= 0.3 is 17.9 Å². The quantitative estimate of drug-likeness (QED) is 0.0261. The fourth-order valence-electron chi connectivity index (χ4n) is 9.86. The number of carbonyl (C=O) groups excluding carboxylic acids is 3. The lowest BCUT2D eigenvalue weighted by Gasteiger charge is -2.18. The van der Waals surface area contributed by atoms with E-state index >= 15 is 0 Å². The van der Waals surface area contributed by atoms with Crippen LogP contribution in [0.5, 0.6) is 0 Å². The second kappa shape index (κ2) is 68.8. The van der Waals surface area contributed by atoms with Gasteiger partial charge in [0.25, 0.3) is 0 Å². The molecule has 6 heteroatoms. The predicted molar refractivity (Wildman–Crippen MR) is 353 cm³/mol. The summed E-state index contributed by atoms with van der Waals surface area (Å²) in [5.74, 6) is -0.882. The molecule has 81 heavy (non-hydrogen) atoms. The average molecular weight is 1130 g/mol. The van der Waals surface area contributed by atoms with Crippen molar-refractivity contribution >= 4 is 17.9 Å². The van der Waals surface area contributed by atoms with Crippen LogP contribution >= 0.6 is 0 Å². The van der Waals surface area contributed by atoms with Crippen molar-refractivity contribution in [1.29, 1.82) is 0 Å². The average Bonchev–Trinajstić information content (AvgIpc) is 3.46. The lowest BCUT2D eigenvalue weighted by Crippen LogP contribution is -2.30. The lowest BCUT2D eigenvalue weighted by molar-refractivity contribution is -0.167. The Morgan fingerprint density at radius 3 is 0.815 bits per heavy atom. The van der Waals surface area contributed by atoms with Gasteiger partial charge in [-0.05, 0) is 116 Å². The van der Waals surface area contributed by atoms with E-state index in [1.807, 2.05) is 0 Å². The smallest absolute Gasteiger partial charge is 0.306 e. The summed E-state index contributed by atoms with van der Waals surface area (Å²) in [6, 6.07) is 0. The van der Waals surface area contributed by atoms with Crippen molar-refractivity contribution < 1.29 is 28.6 Å². The molecular weight excluding hydrogens is 997 g/mol. The summed E-state index contributed by atoms with van der Waals surface area (Å²) in [5.41, 5.74) is 0. The van der Waals surface area contributed by atoms with Gasteiger partial charge in [-0.15, -0.1) is 0 Å². The zero-order valence-electron chi connectivity index (χ0n) is 53.5. The first-order valence-electron chi connectivity index (χ1n) is 34.7. The fraction of sp³-hybridized carbons (Fsp3) is 0.747. The van der Waals surface area contributed by atoms with Gasteiger partial charge < -0.3 is 14.2 Å².